The lowest BCUT2D eigenvalue weighted by Gasteiger charge is -2.35. The van der Waals surface area contributed by atoms with E-state index in [1.807, 2.05) is 206 Å². The number of carbonyl (C=O) groups is 5. The van der Waals surface area contributed by atoms with Gasteiger partial charge in [0.05, 0.1) is 12.5 Å². The molecule has 7 heterocycles. The van der Waals surface area contributed by atoms with Crippen LogP contribution in [0.3, 0.4) is 0 Å². The Bertz CT molecular complexity index is 5790. The molecular weight excluding hydrogens is 1730 g/mol. The third kappa shape index (κ3) is 28.0. The average Bonchev–Trinajstić information content (AvgIpc) is 1.40. The molecule has 130 heavy (non-hydrogen) atoms. The molecule has 8 aromatic carbocycles. The Hall–Kier alpha value is -13.5. The maximum absolute atomic E-state index is 13.0. The second-order valence-corrected chi connectivity index (χ2v) is 34.8. The number of fused-ring (bicyclic) bond motifs is 3. The number of aliphatic hydroxyl groups is 1. The lowest BCUT2D eigenvalue weighted by atomic mass is 10.1. The number of nitriles is 1. The smallest absolute Gasteiger partial charge is 0.410 e. The first-order chi connectivity index (χ1) is 63.4. The minimum atomic E-state index is -3.25. The van der Waals surface area contributed by atoms with Crippen molar-refractivity contribution in [1.82, 2.24) is 54.8 Å². The van der Waals surface area contributed by atoms with E-state index in [1.165, 1.54) is 5.56 Å². The van der Waals surface area contributed by atoms with Crippen LogP contribution < -0.4 is 20.0 Å². The molecule has 18 rings (SSSR count). The normalized spacial score (nSPS) is 14.9. The van der Waals surface area contributed by atoms with Gasteiger partial charge in [-0.1, -0.05) is 186 Å². The van der Waals surface area contributed by atoms with E-state index < -0.39 is 15.9 Å². The van der Waals surface area contributed by atoms with Gasteiger partial charge in [-0.2, -0.15) is 5.26 Å². The van der Waals surface area contributed by atoms with Gasteiger partial charge in [0.25, 0.3) is 0 Å². The Labute approximate surface area is 767 Å². The topological polar surface area (TPSA) is 317 Å². The molecule has 0 radical (unpaired) electrons. The van der Waals surface area contributed by atoms with Crippen molar-refractivity contribution < 1.29 is 56.4 Å². The van der Waals surface area contributed by atoms with Crippen molar-refractivity contribution in [2.75, 3.05) is 126 Å². The fraction of sp³-hybridized carbons (Fsp3) is 0.330. The maximum atomic E-state index is 13.0. The summed E-state index contributed by atoms with van der Waals surface area (Å²) in [6.07, 6.45) is 13.9. The van der Waals surface area contributed by atoms with Gasteiger partial charge in [0.1, 0.15) is 32.5 Å². The highest BCUT2D eigenvalue weighted by Crippen LogP contribution is 2.30. The van der Waals surface area contributed by atoms with Crippen LogP contribution in [0.2, 0.25) is 0 Å². The third-order valence-electron chi connectivity index (χ3n) is 22.8. The van der Waals surface area contributed by atoms with E-state index >= 15 is 0 Å². The molecule has 4 amide bonds. The van der Waals surface area contributed by atoms with Crippen LogP contribution >= 0.6 is 15.9 Å². The van der Waals surface area contributed by atoms with Gasteiger partial charge in [-0.05, 0) is 156 Å². The fourth-order valence-electron chi connectivity index (χ4n) is 15.6. The number of piperazine rings is 4. The standard InChI is InChI=1S/C26H28N4O3.C26H26N4O3.C20H21N3O2.C12H16N2O2.C8H6BrN.C8H10N2O2S/c2*31-24(25-27-17-21-9-5-11-23(21)28-25)20-8-4-10-22(16-20)29-12-14-30(15-13-29)26(32)33-18-19-6-2-1-3-7-19;1-21-15-18-8-5-9-19(14-18)22-10-12-23(13-11-22)20(24)25-16-17-6-3-2-4-7-17;15-12(14-8-6-13-7-9-14)16-10-11-4-2-1-3-5-11;9-8-3-1-2-7(6-8)4-5-10;1-13(11,12)8-9-5-6-3-2-4-7(6)10-8/h1-4,6-8,10,16-17,24,31H,5,9,11-15,18H2;1-4,6-8,10,16-17H,5,9,11-15,18H2;2-9,14H,10-13,15-16H2;1-5,13H,6-10H2;1-3,6H,4H2;5H,2-4H2,1H3. The molecule has 2 N–H and O–H groups in total. The number of ether oxygens (including phenoxy) is 4. The molecule has 4 aliphatic heterocycles. The van der Waals surface area contributed by atoms with Crippen LogP contribution in [0.4, 0.5) is 36.2 Å². The summed E-state index contributed by atoms with van der Waals surface area (Å²) in [5, 5.41) is 22.4. The summed E-state index contributed by atoms with van der Waals surface area (Å²) in [6, 6.07) is 72.1. The SMILES string of the molecule is CS(=O)(=O)c1ncc2c(n1)CCC2.N#CCc1cccc(Br)c1.O=C(OCc1ccccc1)N1CCN(c2cccc(C(O)c3ncc4c(n3)CCC4)c2)CC1.O=C(OCc1ccccc1)N1CCNCC1.O=C(c1cccc(N2CCN(C(=O)OCc3ccccc3)CC2)c1)c1ncc2c(n1)CCC2.[C-]#[N+]Cc1cccc(N2CCN(C(=O)OCc3ccccc3)CC2)c1. The zero-order chi connectivity index (χ0) is 90.8. The second kappa shape index (κ2) is 48.0. The lowest BCUT2D eigenvalue weighted by Crippen LogP contribution is -2.49. The number of nitrogens with zero attached hydrogens (tertiary/aromatic N) is 15. The third-order valence-corrected chi connectivity index (χ3v) is 24.1. The molecule has 7 aliphatic rings. The van der Waals surface area contributed by atoms with Crippen molar-refractivity contribution in [3.63, 3.8) is 0 Å². The Morgan fingerprint density at radius 2 is 0.846 bits per heavy atom. The van der Waals surface area contributed by atoms with Crippen LogP contribution in [-0.4, -0.2) is 204 Å². The number of hydrogen-bond acceptors (Lipinski definition) is 23. The largest absolute Gasteiger partial charge is 0.445 e. The zero-order valence-corrected chi connectivity index (χ0v) is 75.3. The Balaban J connectivity index is 0.000000139. The molecule has 11 aromatic rings. The summed E-state index contributed by atoms with van der Waals surface area (Å²) in [5.41, 5.74) is 16.9. The van der Waals surface area contributed by atoms with Gasteiger partial charge < -0.3 is 68.5 Å². The number of rotatable bonds is 18. The summed E-state index contributed by atoms with van der Waals surface area (Å²) in [5.74, 6) is 0.562. The van der Waals surface area contributed by atoms with Gasteiger partial charge in [0.2, 0.25) is 33.1 Å². The summed E-state index contributed by atoms with van der Waals surface area (Å²) in [6.45, 7) is 19.6. The van der Waals surface area contributed by atoms with Crippen LogP contribution in [0.25, 0.3) is 4.85 Å². The van der Waals surface area contributed by atoms with E-state index in [-0.39, 0.29) is 54.4 Å². The number of benzene rings is 8. The number of carbonyl (C=O) groups excluding carboxylic acids is 5. The molecule has 1 unspecified atom stereocenters. The average molecular weight is 1840 g/mol. The van der Waals surface area contributed by atoms with E-state index in [9.17, 15) is 37.5 Å². The van der Waals surface area contributed by atoms with Crippen LogP contribution in [-0.2, 0) is 107 Å². The van der Waals surface area contributed by atoms with E-state index in [4.69, 9.17) is 30.8 Å². The van der Waals surface area contributed by atoms with Crippen molar-refractivity contribution in [1.29, 1.82) is 5.26 Å². The van der Waals surface area contributed by atoms with Gasteiger partial charge in [-0.15, -0.1) is 0 Å². The maximum Gasteiger partial charge on any atom is 0.410 e. The van der Waals surface area contributed by atoms with E-state index in [2.05, 4.69) is 88.9 Å². The molecule has 0 saturated carbocycles. The molecule has 0 spiro atoms. The first-order valence-corrected chi connectivity index (χ1v) is 46.5. The van der Waals surface area contributed by atoms with E-state index in [0.717, 1.165) is 192 Å². The summed E-state index contributed by atoms with van der Waals surface area (Å²) >= 11 is 3.32. The number of ketones is 1. The van der Waals surface area contributed by atoms with Gasteiger partial charge in [-0.3, -0.25) is 4.79 Å². The molecule has 4 fully saturated rings. The van der Waals surface area contributed by atoms with Gasteiger partial charge in [-0.25, -0.2) is 64.1 Å². The van der Waals surface area contributed by atoms with Crippen LogP contribution in [0.15, 0.2) is 247 Å². The Morgan fingerprint density at radius 3 is 1.30 bits per heavy atom. The highest BCUT2D eigenvalue weighted by Gasteiger charge is 2.29. The van der Waals surface area contributed by atoms with Crippen molar-refractivity contribution in [3.8, 4) is 6.07 Å². The number of anilines is 3. The number of hydrogen-bond donors (Lipinski definition) is 2. The number of aliphatic hydroxyl groups excluding tert-OH is 1. The zero-order valence-electron chi connectivity index (χ0n) is 72.9. The first-order valence-electron chi connectivity index (χ1n) is 43.9. The fourth-order valence-corrected chi connectivity index (χ4v) is 16.6. The van der Waals surface area contributed by atoms with Gasteiger partial charge in [0, 0.05) is 179 Å². The molecule has 0 bridgehead atoms. The molecule has 28 nitrogen and oxygen atoms in total. The Morgan fingerprint density at radius 1 is 0.454 bits per heavy atom. The molecular formula is C100H107BrN16O12S. The summed E-state index contributed by atoms with van der Waals surface area (Å²) in [7, 11) is -3.25. The molecule has 30 heteroatoms. The van der Waals surface area contributed by atoms with Gasteiger partial charge in [0.15, 0.2) is 5.82 Å². The monoisotopic (exact) mass is 1830 g/mol. The number of nitrogens with one attached hydrogen (secondary N) is 1. The van der Waals surface area contributed by atoms with Crippen molar-refractivity contribution in [3.05, 3.63) is 343 Å². The minimum absolute atomic E-state index is 0.0480. The molecule has 1 atom stereocenters. The number of aryl methyl sites for hydroxylation is 6. The quantitative estimate of drug-likeness (QED) is 0.0349. The minimum Gasteiger partial charge on any atom is -0.445 e. The summed E-state index contributed by atoms with van der Waals surface area (Å²) < 4.78 is 44.8. The number of aromatic nitrogens is 6. The number of amides is 4. The van der Waals surface area contributed by atoms with Crippen molar-refractivity contribution in [2.45, 2.75) is 108 Å². The number of halogens is 1. The second-order valence-electron chi connectivity index (χ2n) is 32.0. The predicted octanol–water partition coefficient (Wildman–Crippen LogP) is 14.8. The predicted molar refractivity (Wildman–Crippen MR) is 498 cm³/mol. The molecule has 3 aliphatic carbocycles. The number of sulfone groups is 1. The highest BCUT2D eigenvalue weighted by molar-refractivity contribution is 9.10. The van der Waals surface area contributed by atoms with E-state index in [1.54, 1.807) is 38.1 Å². The Kier molecular flexibility index (Phi) is 34.8. The van der Waals surface area contributed by atoms with Crippen molar-refractivity contribution in [2.24, 2.45) is 0 Å². The van der Waals surface area contributed by atoms with E-state index in [0.29, 0.717) is 103 Å². The molecule has 4 saturated heterocycles. The molecule has 3 aromatic heterocycles. The van der Waals surface area contributed by atoms with Crippen LogP contribution in [0, 0.1) is 17.9 Å². The summed E-state index contributed by atoms with van der Waals surface area (Å²) in [4.78, 5) is 104. The lowest BCUT2D eigenvalue weighted by molar-refractivity contribution is 0.0915. The van der Waals surface area contributed by atoms with Crippen LogP contribution in [0.5, 0.6) is 0 Å². The highest BCUT2D eigenvalue weighted by atomic mass is 79.9. The van der Waals surface area contributed by atoms with Crippen molar-refractivity contribution >= 4 is 73.0 Å². The van der Waals surface area contributed by atoms with Crippen LogP contribution in [0.1, 0.15) is 120 Å². The first kappa shape index (κ1) is 94.1. The molecule has 672 valence electrons. The van der Waals surface area contributed by atoms with Gasteiger partial charge >= 0.3 is 24.4 Å².